The highest BCUT2D eigenvalue weighted by Gasteiger charge is 2.44. The highest BCUT2D eigenvalue weighted by molar-refractivity contribution is 4.98. The van der Waals surface area contributed by atoms with Gasteiger partial charge in [0.1, 0.15) is 6.10 Å². The summed E-state index contributed by atoms with van der Waals surface area (Å²) in [6, 6.07) is 0. The molecule has 0 radical (unpaired) electrons. The fourth-order valence-corrected chi connectivity index (χ4v) is 1.34. The summed E-state index contributed by atoms with van der Waals surface area (Å²) < 4.78 is 46.8. The summed E-state index contributed by atoms with van der Waals surface area (Å²) in [4.78, 5) is 3.80. The normalized spacial score (nSPS) is 17.5. The predicted molar refractivity (Wildman–Crippen MR) is 54.8 cm³/mol. The number of hydrogen-bond donors (Lipinski definition) is 1. The standard InChI is InChI=1S/C10H15F3N2O3/c1-4-17-6(3)8-14-9(18-15-8)5(2)7(16)10(11,12)13/h5-7,16H,4H2,1-3H3. The number of aliphatic hydroxyl groups is 1. The number of aliphatic hydroxyl groups excluding tert-OH is 1. The summed E-state index contributed by atoms with van der Waals surface area (Å²) in [6.07, 6.45) is -7.73. The number of hydrogen-bond acceptors (Lipinski definition) is 5. The molecule has 0 aliphatic rings. The Hall–Kier alpha value is -1.15. The van der Waals surface area contributed by atoms with E-state index in [1.54, 1.807) is 13.8 Å². The Kier molecular flexibility index (Phi) is 4.69. The summed E-state index contributed by atoms with van der Waals surface area (Å²) in [5, 5.41) is 12.6. The van der Waals surface area contributed by atoms with Crippen LogP contribution in [0, 0.1) is 0 Å². The first-order valence-corrected chi connectivity index (χ1v) is 5.47. The van der Waals surface area contributed by atoms with E-state index in [2.05, 4.69) is 10.1 Å². The van der Waals surface area contributed by atoms with Crippen molar-refractivity contribution in [3.05, 3.63) is 11.7 Å². The smallest absolute Gasteiger partial charge is 0.383 e. The number of aromatic nitrogens is 2. The van der Waals surface area contributed by atoms with Crippen LogP contribution < -0.4 is 0 Å². The largest absolute Gasteiger partial charge is 0.415 e. The summed E-state index contributed by atoms with van der Waals surface area (Å²) in [6.45, 7) is 5.02. The number of rotatable bonds is 5. The van der Waals surface area contributed by atoms with Crippen molar-refractivity contribution in [1.29, 1.82) is 0 Å². The van der Waals surface area contributed by atoms with Crippen LogP contribution in [0.15, 0.2) is 4.52 Å². The van der Waals surface area contributed by atoms with Crippen LogP contribution >= 0.6 is 0 Å². The molecule has 1 N–H and O–H groups in total. The van der Waals surface area contributed by atoms with Crippen LogP contribution in [0.1, 0.15) is 44.5 Å². The molecule has 3 unspecified atom stereocenters. The van der Waals surface area contributed by atoms with Crippen LogP contribution in [0.4, 0.5) is 13.2 Å². The van der Waals surface area contributed by atoms with Gasteiger partial charge in [0, 0.05) is 6.61 Å². The summed E-state index contributed by atoms with van der Waals surface area (Å²) >= 11 is 0. The highest BCUT2D eigenvalue weighted by Crippen LogP contribution is 2.31. The summed E-state index contributed by atoms with van der Waals surface area (Å²) in [5.41, 5.74) is 0. The molecule has 0 spiro atoms. The third-order valence-electron chi connectivity index (χ3n) is 2.44. The Morgan fingerprint density at radius 3 is 2.50 bits per heavy atom. The van der Waals surface area contributed by atoms with Crippen LogP contribution in [-0.4, -0.2) is 34.1 Å². The first kappa shape index (κ1) is 14.9. The fourth-order valence-electron chi connectivity index (χ4n) is 1.34. The van der Waals surface area contributed by atoms with Gasteiger partial charge in [-0.3, -0.25) is 0 Å². The molecule has 1 rings (SSSR count). The quantitative estimate of drug-likeness (QED) is 0.886. The van der Waals surface area contributed by atoms with Crippen molar-refractivity contribution < 1.29 is 27.5 Å². The van der Waals surface area contributed by atoms with Crippen LogP contribution in [-0.2, 0) is 4.74 Å². The Morgan fingerprint density at radius 2 is 2.00 bits per heavy atom. The monoisotopic (exact) mass is 268 g/mol. The van der Waals surface area contributed by atoms with Crippen molar-refractivity contribution >= 4 is 0 Å². The Balaban J connectivity index is 2.79. The second-order valence-corrected chi connectivity index (χ2v) is 3.86. The molecule has 104 valence electrons. The zero-order valence-electron chi connectivity index (χ0n) is 10.2. The molecule has 1 heterocycles. The molecule has 18 heavy (non-hydrogen) atoms. The van der Waals surface area contributed by atoms with Gasteiger partial charge in [-0.15, -0.1) is 0 Å². The molecule has 5 nitrogen and oxygen atoms in total. The minimum atomic E-state index is -4.72. The minimum Gasteiger partial charge on any atom is -0.383 e. The SMILES string of the molecule is CCOC(C)c1noc(C(C)C(O)C(F)(F)F)n1. The first-order chi connectivity index (χ1) is 8.27. The third-order valence-corrected chi connectivity index (χ3v) is 2.44. The lowest BCUT2D eigenvalue weighted by molar-refractivity contribution is -0.210. The van der Waals surface area contributed by atoms with Gasteiger partial charge in [0.15, 0.2) is 11.9 Å². The third kappa shape index (κ3) is 3.42. The zero-order valence-corrected chi connectivity index (χ0v) is 10.2. The van der Waals surface area contributed by atoms with Gasteiger partial charge in [-0.1, -0.05) is 12.1 Å². The van der Waals surface area contributed by atoms with Crippen LogP contribution in [0.2, 0.25) is 0 Å². The maximum atomic E-state index is 12.3. The second kappa shape index (κ2) is 5.66. The number of ether oxygens (including phenoxy) is 1. The van der Waals surface area contributed by atoms with Crippen molar-refractivity contribution in [2.45, 2.75) is 45.1 Å². The van der Waals surface area contributed by atoms with E-state index in [1.165, 1.54) is 6.92 Å². The van der Waals surface area contributed by atoms with Gasteiger partial charge >= 0.3 is 6.18 Å². The van der Waals surface area contributed by atoms with E-state index in [1.807, 2.05) is 0 Å². The average molecular weight is 268 g/mol. The van der Waals surface area contributed by atoms with Crippen molar-refractivity contribution in [1.82, 2.24) is 10.1 Å². The molecule has 0 bridgehead atoms. The molecule has 1 aromatic rings. The zero-order chi connectivity index (χ0) is 13.9. The highest BCUT2D eigenvalue weighted by atomic mass is 19.4. The Labute approximate surface area is 102 Å². The minimum absolute atomic E-state index is 0.160. The molecular formula is C10H15F3N2O3. The van der Waals surface area contributed by atoms with Gasteiger partial charge in [-0.25, -0.2) is 0 Å². The first-order valence-electron chi connectivity index (χ1n) is 5.47. The van der Waals surface area contributed by atoms with Crippen LogP contribution in [0.25, 0.3) is 0 Å². The molecule has 0 amide bonds. The molecule has 8 heteroatoms. The Morgan fingerprint density at radius 1 is 1.39 bits per heavy atom. The predicted octanol–water partition coefficient (Wildman–Crippen LogP) is 2.19. The lowest BCUT2D eigenvalue weighted by atomic mass is 10.0. The van der Waals surface area contributed by atoms with Gasteiger partial charge in [-0.05, 0) is 13.8 Å². The van der Waals surface area contributed by atoms with Gasteiger partial charge in [0.05, 0.1) is 5.92 Å². The number of halogens is 3. The van der Waals surface area contributed by atoms with Gasteiger partial charge < -0.3 is 14.4 Å². The number of alkyl halides is 3. The maximum absolute atomic E-state index is 12.3. The molecule has 0 aliphatic heterocycles. The summed E-state index contributed by atoms with van der Waals surface area (Å²) in [7, 11) is 0. The molecule has 0 aromatic carbocycles. The second-order valence-electron chi connectivity index (χ2n) is 3.86. The topological polar surface area (TPSA) is 68.4 Å². The van der Waals surface area contributed by atoms with E-state index >= 15 is 0 Å². The van der Waals surface area contributed by atoms with E-state index in [0.29, 0.717) is 6.61 Å². The van der Waals surface area contributed by atoms with E-state index in [9.17, 15) is 13.2 Å². The Bertz CT molecular complexity index is 381. The molecule has 0 saturated carbocycles. The number of nitrogens with zero attached hydrogens (tertiary/aromatic N) is 2. The lowest BCUT2D eigenvalue weighted by Gasteiger charge is -2.18. The van der Waals surface area contributed by atoms with Gasteiger partial charge in [-0.2, -0.15) is 18.2 Å². The molecule has 1 aromatic heterocycles. The van der Waals surface area contributed by atoms with Crippen molar-refractivity contribution in [2.24, 2.45) is 0 Å². The summed E-state index contributed by atoms with van der Waals surface area (Å²) in [5.74, 6) is -1.42. The van der Waals surface area contributed by atoms with Crippen LogP contribution in [0.5, 0.6) is 0 Å². The lowest BCUT2D eigenvalue weighted by Crippen LogP contribution is -2.33. The molecular weight excluding hydrogens is 253 g/mol. The van der Waals surface area contributed by atoms with E-state index in [-0.39, 0.29) is 11.7 Å². The molecule has 0 fully saturated rings. The van der Waals surface area contributed by atoms with E-state index in [0.717, 1.165) is 0 Å². The fraction of sp³-hybridized carbons (Fsp3) is 0.800. The van der Waals surface area contributed by atoms with Crippen molar-refractivity contribution in [3.8, 4) is 0 Å². The van der Waals surface area contributed by atoms with E-state index in [4.69, 9.17) is 14.4 Å². The van der Waals surface area contributed by atoms with Crippen molar-refractivity contribution in [2.75, 3.05) is 6.61 Å². The van der Waals surface area contributed by atoms with E-state index < -0.39 is 24.3 Å². The van der Waals surface area contributed by atoms with Gasteiger partial charge in [0.2, 0.25) is 5.89 Å². The maximum Gasteiger partial charge on any atom is 0.415 e. The average Bonchev–Trinajstić information content (AvgIpc) is 2.75. The van der Waals surface area contributed by atoms with Gasteiger partial charge in [0.25, 0.3) is 0 Å². The van der Waals surface area contributed by atoms with Crippen LogP contribution in [0.3, 0.4) is 0 Å². The molecule has 0 saturated heterocycles. The molecule has 3 atom stereocenters. The van der Waals surface area contributed by atoms with Crippen molar-refractivity contribution in [3.63, 3.8) is 0 Å². The molecule has 0 aliphatic carbocycles.